The first-order valence-corrected chi connectivity index (χ1v) is 2.51. The summed E-state index contributed by atoms with van der Waals surface area (Å²) in [5.74, 6) is -0.132. The van der Waals surface area contributed by atoms with Gasteiger partial charge < -0.3 is 31.1 Å². The van der Waals surface area contributed by atoms with Gasteiger partial charge in [-0.15, -0.1) is 0 Å². The van der Waals surface area contributed by atoms with E-state index in [4.69, 9.17) is 4.42 Å². The van der Waals surface area contributed by atoms with Gasteiger partial charge >= 0.3 is 5.97 Å². The molecule has 13 heavy (non-hydrogen) atoms. The van der Waals surface area contributed by atoms with Crippen molar-refractivity contribution < 1.29 is 35.9 Å². The first kappa shape index (κ1) is 22.6. The molecular formula is C6H14O7. The van der Waals surface area contributed by atoms with Crippen LogP contribution in [0.3, 0.4) is 0 Å². The number of esters is 1. The maximum Gasteiger partial charge on any atom is 0.310 e. The first-order chi connectivity index (χ1) is 4.29. The van der Waals surface area contributed by atoms with Gasteiger partial charge in [-0.2, -0.15) is 0 Å². The molecule has 0 radical (unpaired) electrons. The van der Waals surface area contributed by atoms with Gasteiger partial charge in [-0.05, 0) is 6.07 Å². The van der Waals surface area contributed by atoms with Gasteiger partial charge in [0.25, 0.3) is 5.95 Å². The molecule has 0 atom stereocenters. The van der Waals surface area contributed by atoms with Crippen LogP contribution in [0.5, 0.6) is 5.95 Å². The van der Waals surface area contributed by atoms with Crippen LogP contribution in [0.4, 0.5) is 0 Å². The molecule has 0 unspecified atom stereocenters. The van der Waals surface area contributed by atoms with Gasteiger partial charge in [0.1, 0.15) is 0 Å². The van der Waals surface area contributed by atoms with E-state index in [2.05, 4.69) is 4.74 Å². The molecule has 1 aromatic heterocycles. The molecule has 1 aromatic rings. The Kier molecular flexibility index (Phi) is 18.4. The van der Waals surface area contributed by atoms with E-state index in [9.17, 15) is 4.79 Å². The predicted molar refractivity (Wildman–Crippen MR) is 44.5 cm³/mol. The van der Waals surface area contributed by atoms with Crippen molar-refractivity contribution in [2.24, 2.45) is 0 Å². The van der Waals surface area contributed by atoms with E-state index < -0.39 is 0 Å². The SMILES string of the molecule is CC(=O)Oc1ccco1.O.O.O.O. The number of rotatable bonds is 1. The van der Waals surface area contributed by atoms with Crippen LogP contribution >= 0.6 is 0 Å². The molecule has 80 valence electrons. The highest BCUT2D eigenvalue weighted by Crippen LogP contribution is 2.09. The quantitative estimate of drug-likeness (QED) is 0.472. The van der Waals surface area contributed by atoms with Crippen molar-refractivity contribution >= 4 is 5.97 Å². The summed E-state index contributed by atoms with van der Waals surface area (Å²) in [6, 6.07) is 3.22. The number of hydrogen-bond acceptors (Lipinski definition) is 3. The van der Waals surface area contributed by atoms with Crippen molar-refractivity contribution in [2.75, 3.05) is 0 Å². The number of carbonyl (C=O) groups is 1. The van der Waals surface area contributed by atoms with Crippen molar-refractivity contribution in [2.45, 2.75) is 6.92 Å². The number of carbonyl (C=O) groups excluding carboxylic acids is 1. The molecule has 0 saturated heterocycles. The van der Waals surface area contributed by atoms with Crippen molar-refractivity contribution in [1.82, 2.24) is 0 Å². The van der Waals surface area contributed by atoms with Gasteiger partial charge in [0.2, 0.25) is 0 Å². The lowest BCUT2D eigenvalue weighted by Gasteiger charge is -1.90. The Hall–Kier alpha value is -1.41. The molecule has 1 rings (SSSR count). The third kappa shape index (κ3) is 8.50. The van der Waals surface area contributed by atoms with E-state index in [0.717, 1.165) is 0 Å². The van der Waals surface area contributed by atoms with Gasteiger partial charge in [-0.25, -0.2) is 0 Å². The lowest BCUT2D eigenvalue weighted by molar-refractivity contribution is -0.133. The predicted octanol–water partition coefficient (Wildman–Crippen LogP) is -2.09. The largest absolute Gasteiger partial charge is 0.434 e. The standard InChI is InChI=1S/C6H6O3.4H2O/c1-5(7)9-6-3-2-4-8-6;;;;/h2-4H,1H3;4*1H2. The maximum atomic E-state index is 10.2. The minimum Gasteiger partial charge on any atom is -0.434 e. The summed E-state index contributed by atoms with van der Waals surface area (Å²) in [5, 5.41) is 0. The van der Waals surface area contributed by atoms with Crippen molar-refractivity contribution in [3.05, 3.63) is 18.4 Å². The number of furan rings is 1. The van der Waals surface area contributed by atoms with Gasteiger partial charge in [-0.3, -0.25) is 4.79 Å². The molecule has 0 bridgehead atoms. The van der Waals surface area contributed by atoms with Crippen LogP contribution in [0.1, 0.15) is 6.92 Å². The lowest BCUT2D eigenvalue weighted by Crippen LogP contribution is -1.99. The Morgan fingerprint density at radius 1 is 1.31 bits per heavy atom. The van der Waals surface area contributed by atoms with Gasteiger partial charge in [0.15, 0.2) is 0 Å². The molecule has 7 nitrogen and oxygen atoms in total. The summed E-state index contributed by atoms with van der Waals surface area (Å²) in [6.07, 6.45) is 1.44. The maximum absolute atomic E-state index is 10.2. The van der Waals surface area contributed by atoms with Crippen LogP contribution in [0.25, 0.3) is 0 Å². The zero-order valence-electron chi connectivity index (χ0n) is 6.96. The van der Waals surface area contributed by atoms with Gasteiger partial charge in [0, 0.05) is 13.0 Å². The van der Waals surface area contributed by atoms with E-state index in [1.807, 2.05) is 0 Å². The lowest BCUT2D eigenvalue weighted by atomic mass is 10.6. The zero-order valence-corrected chi connectivity index (χ0v) is 6.96. The monoisotopic (exact) mass is 198 g/mol. The van der Waals surface area contributed by atoms with Crippen LogP contribution in [0.15, 0.2) is 22.8 Å². The highest BCUT2D eigenvalue weighted by atomic mass is 16.6. The van der Waals surface area contributed by atoms with E-state index in [-0.39, 0.29) is 33.8 Å². The van der Waals surface area contributed by atoms with Crippen molar-refractivity contribution in [3.8, 4) is 5.95 Å². The Morgan fingerprint density at radius 2 is 1.85 bits per heavy atom. The summed E-state index contributed by atoms with van der Waals surface area (Å²) in [5.41, 5.74) is 0. The molecule has 1 heterocycles. The Bertz CT molecular complexity index is 193. The minimum atomic E-state index is -0.370. The second kappa shape index (κ2) is 10.6. The summed E-state index contributed by atoms with van der Waals surface area (Å²) < 4.78 is 9.25. The molecule has 8 N–H and O–H groups in total. The van der Waals surface area contributed by atoms with Crippen LogP contribution < -0.4 is 4.74 Å². The van der Waals surface area contributed by atoms with Crippen molar-refractivity contribution in [3.63, 3.8) is 0 Å². The smallest absolute Gasteiger partial charge is 0.310 e. The highest BCUT2D eigenvalue weighted by Gasteiger charge is 1.96. The third-order valence-electron chi connectivity index (χ3n) is 0.739. The van der Waals surface area contributed by atoms with E-state index in [1.54, 1.807) is 12.1 Å². The molecule has 0 aliphatic carbocycles. The molecule has 0 aliphatic rings. The summed E-state index contributed by atoms with van der Waals surface area (Å²) >= 11 is 0. The van der Waals surface area contributed by atoms with Crippen LogP contribution in [0.2, 0.25) is 0 Å². The zero-order chi connectivity index (χ0) is 6.69. The van der Waals surface area contributed by atoms with E-state index in [1.165, 1.54) is 13.2 Å². The second-order valence-corrected chi connectivity index (χ2v) is 1.53. The number of ether oxygens (including phenoxy) is 1. The molecule has 0 spiro atoms. The fraction of sp³-hybridized carbons (Fsp3) is 0.167. The van der Waals surface area contributed by atoms with Crippen LogP contribution in [-0.4, -0.2) is 27.9 Å². The summed E-state index contributed by atoms with van der Waals surface area (Å²) in [4.78, 5) is 10.2. The Morgan fingerprint density at radius 3 is 2.15 bits per heavy atom. The Labute approximate surface area is 74.2 Å². The fourth-order valence-corrected chi connectivity index (χ4v) is 0.463. The van der Waals surface area contributed by atoms with E-state index >= 15 is 0 Å². The van der Waals surface area contributed by atoms with Crippen molar-refractivity contribution in [1.29, 1.82) is 0 Å². The summed E-state index contributed by atoms with van der Waals surface area (Å²) in [7, 11) is 0. The molecule has 7 heteroatoms. The second-order valence-electron chi connectivity index (χ2n) is 1.53. The number of hydrogen-bond donors (Lipinski definition) is 0. The van der Waals surface area contributed by atoms with Crippen LogP contribution in [-0.2, 0) is 4.79 Å². The molecule has 0 amide bonds. The average molecular weight is 198 g/mol. The highest BCUT2D eigenvalue weighted by molar-refractivity contribution is 5.68. The average Bonchev–Trinajstić information content (AvgIpc) is 2.15. The normalized spacial score (nSPS) is 6.23. The first-order valence-electron chi connectivity index (χ1n) is 2.51. The molecule has 0 aromatic carbocycles. The molecule has 0 aliphatic heterocycles. The molecule has 0 fully saturated rings. The topological polar surface area (TPSA) is 165 Å². The summed E-state index contributed by atoms with van der Waals surface area (Å²) in [6.45, 7) is 1.32. The van der Waals surface area contributed by atoms with Gasteiger partial charge in [0.05, 0.1) is 6.26 Å². The fourth-order valence-electron chi connectivity index (χ4n) is 0.463. The molecular weight excluding hydrogens is 184 g/mol. The van der Waals surface area contributed by atoms with Gasteiger partial charge in [-0.1, -0.05) is 0 Å². The molecule has 0 saturated carbocycles. The third-order valence-corrected chi connectivity index (χ3v) is 0.739. The Balaban J connectivity index is -0.000000101. The van der Waals surface area contributed by atoms with Crippen LogP contribution in [0, 0.1) is 0 Å². The van der Waals surface area contributed by atoms with E-state index in [0.29, 0.717) is 0 Å². The minimum absolute atomic E-state index is 0.